The summed E-state index contributed by atoms with van der Waals surface area (Å²) >= 11 is 6.61. The van der Waals surface area contributed by atoms with Crippen molar-refractivity contribution in [3.05, 3.63) is 29.8 Å². The summed E-state index contributed by atoms with van der Waals surface area (Å²) < 4.78 is 0.579. The van der Waals surface area contributed by atoms with E-state index in [0.29, 0.717) is 9.88 Å². The van der Waals surface area contributed by atoms with Crippen LogP contribution in [0.1, 0.15) is 38.1 Å². The summed E-state index contributed by atoms with van der Waals surface area (Å²) in [6.45, 7) is 7.56. The van der Waals surface area contributed by atoms with Crippen LogP contribution in [0.5, 0.6) is 0 Å². The molecule has 120 valence electrons. The van der Waals surface area contributed by atoms with Crippen molar-refractivity contribution in [2.45, 2.75) is 44.2 Å². The third kappa shape index (κ3) is 6.03. The highest BCUT2D eigenvalue weighted by Crippen LogP contribution is 2.24. The largest absolute Gasteiger partial charge is 0.368 e. The normalized spacial score (nSPS) is 12.4. The van der Waals surface area contributed by atoms with Gasteiger partial charge in [0.05, 0.1) is 5.56 Å². The molecule has 5 nitrogen and oxygen atoms in total. The van der Waals surface area contributed by atoms with Gasteiger partial charge in [-0.15, -0.1) is 0 Å². The van der Waals surface area contributed by atoms with Gasteiger partial charge in [-0.05, 0) is 39.8 Å². The number of nitrogens with one attached hydrogen (secondary N) is 2. The second kappa shape index (κ2) is 7.60. The van der Waals surface area contributed by atoms with E-state index in [2.05, 4.69) is 10.6 Å². The Kier molecular flexibility index (Phi) is 6.37. The SMILES string of the molecule is CC(NC(=O)c1ccccc1SC(=S)NC(C)(C)C)C(N)=O. The van der Waals surface area contributed by atoms with E-state index in [0.717, 1.165) is 4.90 Å². The molecule has 1 unspecified atom stereocenters. The third-order valence-corrected chi connectivity index (χ3v) is 3.80. The van der Waals surface area contributed by atoms with E-state index in [1.165, 1.54) is 11.8 Å². The quantitative estimate of drug-likeness (QED) is 0.577. The van der Waals surface area contributed by atoms with Gasteiger partial charge in [0.15, 0.2) is 0 Å². The van der Waals surface area contributed by atoms with Crippen molar-refractivity contribution < 1.29 is 9.59 Å². The Morgan fingerprint density at radius 1 is 1.27 bits per heavy atom. The van der Waals surface area contributed by atoms with Gasteiger partial charge in [-0.1, -0.05) is 36.1 Å². The number of amides is 2. The molecule has 0 aliphatic rings. The van der Waals surface area contributed by atoms with Gasteiger partial charge in [0.25, 0.3) is 5.91 Å². The molecule has 0 heterocycles. The molecule has 1 aromatic carbocycles. The van der Waals surface area contributed by atoms with Crippen molar-refractivity contribution in [2.24, 2.45) is 5.73 Å². The number of hydrogen-bond donors (Lipinski definition) is 3. The number of benzene rings is 1. The smallest absolute Gasteiger partial charge is 0.253 e. The minimum absolute atomic E-state index is 0.151. The summed E-state index contributed by atoms with van der Waals surface area (Å²) in [5.74, 6) is -0.934. The van der Waals surface area contributed by atoms with Crippen LogP contribution in [0.2, 0.25) is 0 Å². The molecule has 0 radical (unpaired) electrons. The van der Waals surface area contributed by atoms with Crippen LogP contribution in [0.25, 0.3) is 0 Å². The van der Waals surface area contributed by atoms with Gasteiger partial charge in [-0.3, -0.25) is 9.59 Å². The van der Waals surface area contributed by atoms with Gasteiger partial charge >= 0.3 is 0 Å². The summed E-state index contributed by atoms with van der Waals surface area (Å²) in [4.78, 5) is 24.0. The van der Waals surface area contributed by atoms with Crippen LogP contribution in [0.4, 0.5) is 0 Å². The molecule has 7 heteroatoms. The van der Waals surface area contributed by atoms with E-state index in [1.807, 2.05) is 32.9 Å². The van der Waals surface area contributed by atoms with Crippen molar-refractivity contribution in [2.75, 3.05) is 0 Å². The van der Waals surface area contributed by atoms with Gasteiger partial charge in [0, 0.05) is 10.4 Å². The third-order valence-electron chi connectivity index (χ3n) is 2.59. The number of thiocarbonyl (C=S) groups is 1. The number of nitrogens with two attached hydrogens (primary N) is 1. The topological polar surface area (TPSA) is 84.2 Å². The van der Waals surface area contributed by atoms with Gasteiger partial charge in [-0.25, -0.2) is 0 Å². The number of hydrogen-bond acceptors (Lipinski definition) is 4. The van der Waals surface area contributed by atoms with Gasteiger partial charge < -0.3 is 16.4 Å². The van der Waals surface area contributed by atoms with Crippen LogP contribution in [0.15, 0.2) is 29.2 Å². The van der Waals surface area contributed by atoms with E-state index in [9.17, 15) is 9.59 Å². The molecule has 0 fully saturated rings. The first-order valence-electron chi connectivity index (χ1n) is 6.79. The zero-order valence-corrected chi connectivity index (χ0v) is 14.7. The maximum Gasteiger partial charge on any atom is 0.253 e. The highest BCUT2D eigenvalue weighted by Gasteiger charge is 2.18. The number of thioether (sulfide) groups is 1. The summed E-state index contributed by atoms with van der Waals surface area (Å²) in [6, 6.07) is 6.35. The first kappa shape index (κ1) is 18.4. The lowest BCUT2D eigenvalue weighted by Crippen LogP contribution is -2.42. The number of carbonyl (C=O) groups is 2. The number of carbonyl (C=O) groups excluding carboxylic acids is 2. The van der Waals surface area contributed by atoms with Gasteiger partial charge in [-0.2, -0.15) is 0 Å². The Morgan fingerprint density at radius 2 is 1.86 bits per heavy atom. The monoisotopic (exact) mass is 339 g/mol. The summed E-state index contributed by atoms with van der Waals surface area (Å²) in [7, 11) is 0. The Hall–Kier alpha value is -1.60. The molecule has 0 bridgehead atoms. The van der Waals surface area contributed by atoms with E-state index in [-0.39, 0.29) is 11.4 Å². The maximum atomic E-state index is 12.3. The predicted molar refractivity (Wildman–Crippen MR) is 93.9 cm³/mol. The number of primary amides is 1. The fraction of sp³-hybridized carbons (Fsp3) is 0.400. The lowest BCUT2D eigenvalue weighted by Gasteiger charge is -2.22. The lowest BCUT2D eigenvalue weighted by atomic mass is 10.1. The Bertz CT molecular complexity index is 582. The lowest BCUT2D eigenvalue weighted by molar-refractivity contribution is -0.119. The van der Waals surface area contributed by atoms with Crippen LogP contribution >= 0.6 is 24.0 Å². The second-order valence-corrected chi connectivity index (χ2v) is 7.58. The fourth-order valence-corrected chi connectivity index (χ4v) is 3.07. The zero-order chi connectivity index (χ0) is 16.9. The average molecular weight is 339 g/mol. The van der Waals surface area contributed by atoms with E-state index < -0.39 is 11.9 Å². The second-order valence-electron chi connectivity index (χ2n) is 5.86. The van der Waals surface area contributed by atoms with Crippen LogP contribution in [0, 0.1) is 0 Å². The molecule has 1 aromatic rings. The van der Waals surface area contributed by atoms with Gasteiger partial charge in [0.2, 0.25) is 5.91 Å². The summed E-state index contributed by atoms with van der Waals surface area (Å²) in [6.07, 6.45) is 0. The Balaban J connectivity index is 2.88. The molecule has 4 N–H and O–H groups in total. The van der Waals surface area contributed by atoms with Crippen molar-refractivity contribution in [3.8, 4) is 0 Å². The molecule has 1 atom stereocenters. The molecule has 1 rings (SSSR count). The van der Waals surface area contributed by atoms with Crippen LogP contribution < -0.4 is 16.4 Å². The maximum absolute atomic E-state index is 12.3. The predicted octanol–water partition coefficient (Wildman–Crippen LogP) is 2.06. The first-order chi connectivity index (χ1) is 10.1. The average Bonchev–Trinajstić information content (AvgIpc) is 2.36. The minimum Gasteiger partial charge on any atom is -0.368 e. The molecular formula is C15H21N3O2S2. The molecule has 0 spiro atoms. The molecule has 0 saturated carbocycles. The highest BCUT2D eigenvalue weighted by molar-refractivity contribution is 8.23. The van der Waals surface area contributed by atoms with Crippen LogP contribution in [-0.2, 0) is 4.79 Å². The number of rotatable bonds is 4. The van der Waals surface area contributed by atoms with E-state index in [1.54, 1.807) is 19.1 Å². The highest BCUT2D eigenvalue weighted by atomic mass is 32.2. The fourth-order valence-electron chi connectivity index (χ4n) is 1.52. The van der Waals surface area contributed by atoms with Crippen LogP contribution in [-0.4, -0.2) is 27.7 Å². The van der Waals surface area contributed by atoms with Crippen molar-refractivity contribution in [1.29, 1.82) is 0 Å². The van der Waals surface area contributed by atoms with Crippen molar-refractivity contribution in [1.82, 2.24) is 10.6 Å². The van der Waals surface area contributed by atoms with Crippen LogP contribution in [0.3, 0.4) is 0 Å². The van der Waals surface area contributed by atoms with Crippen molar-refractivity contribution >= 4 is 40.1 Å². The zero-order valence-electron chi connectivity index (χ0n) is 13.1. The Labute approximate surface area is 140 Å². The molecule has 22 heavy (non-hydrogen) atoms. The standard InChI is InChI=1S/C15H21N3O2S2/c1-9(12(16)19)17-13(20)10-7-5-6-8-11(10)22-14(21)18-15(2,3)4/h5-9H,1-4H3,(H2,16,19)(H,17,20)(H,18,21). The molecule has 0 saturated heterocycles. The molecule has 0 aliphatic heterocycles. The first-order valence-corrected chi connectivity index (χ1v) is 8.02. The van der Waals surface area contributed by atoms with Gasteiger partial charge in [0.1, 0.15) is 10.4 Å². The van der Waals surface area contributed by atoms with E-state index in [4.69, 9.17) is 18.0 Å². The Morgan fingerprint density at radius 3 is 2.41 bits per heavy atom. The molecular weight excluding hydrogens is 318 g/mol. The summed E-state index contributed by atoms with van der Waals surface area (Å²) in [5.41, 5.74) is 5.47. The minimum atomic E-state index is -0.731. The molecule has 0 aliphatic carbocycles. The van der Waals surface area contributed by atoms with E-state index >= 15 is 0 Å². The molecule has 0 aromatic heterocycles. The molecule has 2 amide bonds. The summed E-state index contributed by atoms with van der Waals surface area (Å²) in [5, 5.41) is 5.75. The van der Waals surface area contributed by atoms with Crippen molar-refractivity contribution in [3.63, 3.8) is 0 Å².